The van der Waals surface area contributed by atoms with Crippen LogP contribution in [0.5, 0.6) is 11.5 Å². The molecule has 6 aromatic rings. The van der Waals surface area contributed by atoms with Crippen LogP contribution in [0.15, 0.2) is 64.2 Å². The quantitative estimate of drug-likeness (QED) is 0.00975. The van der Waals surface area contributed by atoms with Crippen LogP contribution in [0.4, 0.5) is 4.79 Å². The summed E-state index contributed by atoms with van der Waals surface area (Å²) in [5, 5.41) is 26.9. The number of benzene rings is 2. The number of unbranched alkanes of at least 4 members (excludes halogenated alkanes) is 10. The van der Waals surface area contributed by atoms with Crippen LogP contribution in [-0.2, 0) is 111 Å². The van der Waals surface area contributed by atoms with E-state index in [4.69, 9.17) is 43.1 Å². The van der Waals surface area contributed by atoms with Crippen molar-refractivity contribution in [3.8, 4) is 34.3 Å². The smallest absolute Gasteiger partial charge is 0.508 e. The number of aromatic nitrogens is 4. The van der Waals surface area contributed by atoms with E-state index in [9.17, 15) is 63.0 Å². The predicted octanol–water partition coefficient (Wildman–Crippen LogP) is 11.9. The first-order chi connectivity index (χ1) is 53.9. The summed E-state index contributed by atoms with van der Waals surface area (Å²) in [5.41, 5.74) is -0.0665. The molecule has 10 rings (SSSR count). The minimum Gasteiger partial charge on any atom is -0.508 e. The maximum atomic E-state index is 14.0. The van der Waals surface area contributed by atoms with Crippen molar-refractivity contribution in [3.05, 3.63) is 114 Å². The molecule has 4 atom stereocenters. The number of fused-ring (bicyclic) bond motifs is 10. The highest BCUT2D eigenvalue weighted by Gasteiger charge is 2.52. The number of esters is 5. The van der Waals surface area contributed by atoms with Gasteiger partial charge in [-0.25, -0.2) is 33.9 Å². The number of carboxylic acid groups (broad SMARTS) is 1. The Balaban J connectivity index is 0.000000265. The van der Waals surface area contributed by atoms with Gasteiger partial charge in [0, 0.05) is 64.6 Å². The third-order valence-electron chi connectivity index (χ3n) is 19.9. The summed E-state index contributed by atoms with van der Waals surface area (Å²) >= 11 is 0. The molecule has 8 heterocycles. The van der Waals surface area contributed by atoms with Crippen molar-refractivity contribution >= 4 is 75.6 Å². The Kier molecular flexibility index (Phi) is 30.8. The lowest BCUT2D eigenvalue weighted by Crippen LogP contribution is -2.47. The molecule has 2 unspecified atom stereocenters. The third kappa shape index (κ3) is 22.7. The van der Waals surface area contributed by atoms with Crippen molar-refractivity contribution in [1.82, 2.24) is 44.4 Å². The fraction of sp³-hybridized carbons (Fsp3) is 0.565. The summed E-state index contributed by atoms with van der Waals surface area (Å²) in [6.07, 6.45) is 10.2. The first-order valence-corrected chi connectivity index (χ1v) is 39.7. The number of hydrogen-bond donors (Lipinski definition) is 4. The van der Waals surface area contributed by atoms with Crippen molar-refractivity contribution < 1.29 is 86.5 Å². The number of carbonyl (C=O) groups is 9. The summed E-state index contributed by atoms with van der Waals surface area (Å²) < 4.78 is 41.8. The lowest BCUT2D eigenvalue weighted by molar-refractivity contribution is -0.189. The van der Waals surface area contributed by atoms with Gasteiger partial charge in [0.1, 0.15) is 48.0 Å². The van der Waals surface area contributed by atoms with E-state index in [1.807, 2.05) is 31.1 Å². The molecule has 0 bridgehead atoms. The molecule has 4 aliphatic heterocycles. The number of nitrogens with one attached hydrogen (secondary N) is 2. The highest BCUT2D eigenvalue weighted by molar-refractivity contribution is 5.93. The van der Waals surface area contributed by atoms with Crippen molar-refractivity contribution in [2.75, 3.05) is 49.0 Å². The van der Waals surface area contributed by atoms with Crippen LogP contribution in [-0.4, -0.2) is 170 Å². The Hall–Kier alpha value is -10.1. The van der Waals surface area contributed by atoms with Crippen molar-refractivity contribution in [1.29, 1.82) is 0 Å². The number of phenols is 1. The Bertz CT molecular complexity index is 4660. The largest absolute Gasteiger partial charge is 0.514 e. The molecule has 620 valence electrons. The molecule has 29 nitrogen and oxygen atoms in total. The van der Waals surface area contributed by atoms with Crippen LogP contribution in [0, 0.1) is 0 Å². The van der Waals surface area contributed by atoms with Crippen LogP contribution >= 0.6 is 0 Å². The van der Waals surface area contributed by atoms with Crippen molar-refractivity contribution in [3.63, 3.8) is 0 Å². The van der Waals surface area contributed by atoms with Gasteiger partial charge in [-0.3, -0.25) is 38.6 Å². The van der Waals surface area contributed by atoms with Gasteiger partial charge < -0.3 is 68.0 Å². The number of pyridine rings is 4. The Morgan fingerprint density at radius 3 is 1.47 bits per heavy atom. The second-order valence-corrected chi connectivity index (χ2v) is 32.4. The van der Waals surface area contributed by atoms with Gasteiger partial charge in [-0.05, 0) is 164 Å². The molecular weight excluding hydrogens is 1470 g/mol. The third-order valence-corrected chi connectivity index (χ3v) is 19.9. The highest BCUT2D eigenvalue weighted by Crippen LogP contribution is 2.44. The average Bonchev–Trinajstić information content (AvgIpc) is 1.53. The number of hydrogen-bond acceptors (Lipinski definition) is 24. The SMILES string of the molecule is CCCCCCCCC(NC(=O)CCC(=O)O[C@]1(CC)C(=O)OCc2c1cc1n(c2=O)Cc2cc3c(CN(C)C)c(O)ccc3nc2-1)C(=O)O.CCCCCCCCC(NC(=O)CCC(=O)O[C@]1(CC)C(=O)OCc2c1cc1n(c2=O)Cc2cc3cc(OC(=O)OC(C)(C)C)ccc3nc2-1)C(=O)OC(C)(C)C.CN(C)CN(C)C. The zero-order chi connectivity index (χ0) is 83.7. The Labute approximate surface area is 666 Å². The van der Waals surface area contributed by atoms with Gasteiger partial charge in [-0.15, -0.1) is 0 Å². The van der Waals surface area contributed by atoms with Crippen LogP contribution in [0.1, 0.15) is 237 Å². The van der Waals surface area contributed by atoms with Gasteiger partial charge in [0.15, 0.2) is 0 Å². The standard InChI is InChI=1S/C43H55N3O11.C37H46N4O9.C5H14N2/c1-9-11-12-13-14-15-16-32(38(50)56-41(3,4)5)44-34(47)19-20-35(48)55-43(10-2)30-23-33-36-27(24-46(33)37(49)29(30)25-53-39(43)51)21-26-22-28(17-18-31(26)45-36)54-40(52)57-42(6,7)8;1-5-7-8-9-10-11-12-28(35(46)47)38-31(43)15-16-32(44)50-37(6-2)26-18-29-33-22(19-41(29)34(45)25(26)21-49-36(37)48)17-23-24(20-40(3)4)30(42)14-13-27(23)39-33;1-6(2)5-7(3)4/h17-18,21-23,32H,9-16,19-20,24-25H2,1-8H3,(H,44,47);13-14,17-18,28,42H,5-12,15-16,19-21H2,1-4H3,(H,38,43)(H,46,47);5H2,1-4H3/t32?,43-;28?,37-;/m00./s1. The molecule has 2 aromatic carbocycles. The number of nitrogens with zero attached hydrogens (tertiary/aromatic N) is 7. The number of aliphatic carboxylic acids is 1. The number of carbonyl (C=O) groups excluding carboxylic acids is 8. The van der Waals surface area contributed by atoms with E-state index in [-0.39, 0.29) is 92.2 Å². The average molecular weight is 1580 g/mol. The number of carboxylic acids is 1. The van der Waals surface area contributed by atoms with E-state index in [1.54, 1.807) is 102 Å². The maximum absolute atomic E-state index is 14.0. The lowest BCUT2D eigenvalue weighted by Gasteiger charge is -2.35. The van der Waals surface area contributed by atoms with Gasteiger partial charge in [-0.1, -0.05) is 105 Å². The highest BCUT2D eigenvalue weighted by atomic mass is 16.7. The predicted molar refractivity (Wildman–Crippen MR) is 427 cm³/mol. The molecule has 4 N–H and O–H groups in total. The second kappa shape index (κ2) is 39.3. The molecule has 114 heavy (non-hydrogen) atoms. The van der Waals surface area contributed by atoms with Crippen molar-refractivity contribution in [2.24, 2.45) is 0 Å². The first kappa shape index (κ1) is 89.4. The normalized spacial score (nSPS) is 16.3. The number of amides is 2. The van der Waals surface area contributed by atoms with Gasteiger partial charge >= 0.3 is 42.0 Å². The molecule has 0 fully saturated rings. The number of ether oxygens (including phenoxy) is 7. The van der Waals surface area contributed by atoms with Crippen molar-refractivity contribution in [2.45, 2.75) is 265 Å². The van der Waals surface area contributed by atoms with Gasteiger partial charge in [0.05, 0.1) is 70.9 Å². The summed E-state index contributed by atoms with van der Waals surface area (Å²) in [7, 11) is 12.0. The van der Waals surface area contributed by atoms with Crippen LogP contribution in [0.2, 0.25) is 0 Å². The monoisotopic (exact) mass is 1580 g/mol. The number of aromatic hydroxyl groups is 1. The molecule has 0 saturated heterocycles. The molecule has 0 radical (unpaired) electrons. The minimum atomic E-state index is -1.94. The van der Waals surface area contributed by atoms with E-state index in [1.165, 1.54) is 4.57 Å². The van der Waals surface area contributed by atoms with E-state index < -0.39 is 112 Å². The van der Waals surface area contributed by atoms with Crippen LogP contribution in [0.25, 0.3) is 44.6 Å². The molecule has 29 heteroatoms. The second-order valence-electron chi connectivity index (χ2n) is 32.4. The van der Waals surface area contributed by atoms with E-state index in [0.29, 0.717) is 64.1 Å². The van der Waals surface area contributed by atoms with Gasteiger partial charge in [-0.2, -0.15) is 0 Å². The lowest BCUT2D eigenvalue weighted by atomic mass is 9.85. The van der Waals surface area contributed by atoms with Crippen LogP contribution < -0.4 is 26.5 Å². The van der Waals surface area contributed by atoms with E-state index in [0.717, 1.165) is 93.8 Å². The van der Waals surface area contributed by atoms with Crippen LogP contribution in [0.3, 0.4) is 0 Å². The number of rotatable bonds is 33. The summed E-state index contributed by atoms with van der Waals surface area (Å²) in [6, 6.07) is 13.4. The van der Waals surface area contributed by atoms with E-state index in [2.05, 4.69) is 62.5 Å². The molecule has 4 aliphatic rings. The molecule has 0 aliphatic carbocycles. The topological polar surface area (TPSA) is 362 Å². The fourth-order valence-corrected chi connectivity index (χ4v) is 14.4. The summed E-state index contributed by atoms with van der Waals surface area (Å²) in [5.74, 6) is -5.81. The molecular formula is C85H115N9O20. The number of cyclic esters (lactones) is 2. The Morgan fingerprint density at radius 1 is 0.561 bits per heavy atom. The molecule has 2 amide bonds. The zero-order valence-electron chi connectivity index (χ0n) is 69.1. The minimum absolute atomic E-state index is 0.0375. The molecule has 0 spiro atoms. The first-order valence-electron chi connectivity index (χ1n) is 39.7. The Morgan fingerprint density at radius 2 is 1.02 bits per heavy atom. The molecule has 0 saturated carbocycles. The zero-order valence-corrected chi connectivity index (χ0v) is 69.1. The fourth-order valence-electron chi connectivity index (χ4n) is 14.4. The van der Waals surface area contributed by atoms with Gasteiger partial charge in [0.2, 0.25) is 23.0 Å². The summed E-state index contributed by atoms with van der Waals surface area (Å²) in [4.78, 5) is 160. The molecule has 4 aromatic heterocycles. The summed E-state index contributed by atoms with van der Waals surface area (Å²) in [6.45, 7) is 19.3. The van der Waals surface area contributed by atoms with E-state index >= 15 is 0 Å². The van der Waals surface area contributed by atoms with Gasteiger partial charge in [0.25, 0.3) is 11.1 Å². The maximum Gasteiger partial charge on any atom is 0.514 e. The number of phenolic OH excluding ortho intramolecular Hbond substituents is 1.